The minimum Gasteiger partial charge on any atom is -0.447 e. The van der Waals surface area contributed by atoms with E-state index in [0.717, 1.165) is 18.5 Å². The predicted molar refractivity (Wildman–Crippen MR) is 152 cm³/mol. The molecule has 0 aliphatic rings. The van der Waals surface area contributed by atoms with Crippen LogP contribution in [0.2, 0.25) is 0 Å². The van der Waals surface area contributed by atoms with Gasteiger partial charge < -0.3 is 24.8 Å². The maximum atomic E-state index is 11.9. The molecule has 0 aliphatic carbocycles. The first-order chi connectivity index (χ1) is 18.7. The fraction of sp³-hybridized carbons (Fsp3) is 0.767. The van der Waals surface area contributed by atoms with Crippen molar-refractivity contribution in [1.82, 2.24) is 15.6 Å². The van der Waals surface area contributed by atoms with Crippen molar-refractivity contribution in [2.75, 3.05) is 26.9 Å². The molecule has 1 unspecified atom stereocenters. The van der Waals surface area contributed by atoms with Crippen LogP contribution < -0.4 is 10.6 Å². The molecule has 0 aliphatic heterocycles. The monoisotopic (exact) mass is 535 g/mol. The lowest BCUT2D eigenvalue weighted by Gasteiger charge is -2.16. The summed E-state index contributed by atoms with van der Waals surface area (Å²) in [6.45, 7) is 3.13. The lowest BCUT2D eigenvalue weighted by Crippen LogP contribution is -2.33. The molecule has 0 radical (unpaired) electrons. The average Bonchev–Trinajstić information content (AvgIpc) is 2.94. The predicted octanol–water partition coefficient (Wildman–Crippen LogP) is 7.31. The third-order valence-electron chi connectivity index (χ3n) is 6.57. The number of carbonyl (C=O) groups is 2. The van der Waals surface area contributed by atoms with Crippen LogP contribution in [0.1, 0.15) is 115 Å². The van der Waals surface area contributed by atoms with Gasteiger partial charge in [-0.2, -0.15) is 0 Å². The average molecular weight is 536 g/mol. The zero-order chi connectivity index (χ0) is 27.5. The third-order valence-corrected chi connectivity index (χ3v) is 6.57. The molecule has 8 nitrogen and oxygen atoms in total. The summed E-state index contributed by atoms with van der Waals surface area (Å²) in [5, 5.41) is 5.39. The number of pyridine rings is 1. The fourth-order valence-electron chi connectivity index (χ4n) is 4.15. The van der Waals surface area contributed by atoms with Gasteiger partial charge >= 0.3 is 12.2 Å². The number of alkyl carbamates (subject to hydrolysis) is 2. The molecular formula is C30H53N3O5. The van der Waals surface area contributed by atoms with Gasteiger partial charge in [0.2, 0.25) is 0 Å². The molecular weight excluding hydrogens is 482 g/mol. The van der Waals surface area contributed by atoms with E-state index in [-0.39, 0.29) is 19.8 Å². The van der Waals surface area contributed by atoms with Crippen LogP contribution in [0.15, 0.2) is 24.4 Å². The molecule has 0 fully saturated rings. The van der Waals surface area contributed by atoms with E-state index in [2.05, 4.69) is 22.5 Å². The maximum absolute atomic E-state index is 11.9. The number of aromatic nitrogens is 1. The third kappa shape index (κ3) is 20.7. The van der Waals surface area contributed by atoms with Gasteiger partial charge in [0, 0.05) is 19.9 Å². The van der Waals surface area contributed by atoms with Gasteiger partial charge in [0.05, 0.1) is 12.2 Å². The Morgan fingerprint density at radius 3 is 1.71 bits per heavy atom. The molecule has 38 heavy (non-hydrogen) atoms. The van der Waals surface area contributed by atoms with Crippen LogP contribution in [0.5, 0.6) is 0 Å². The van der Waals surface area contributed by atoms with E-state index in [4.69, 9.17) is 14.2 Å². The highest BCUT2D eigenvalue weighted by Crippen LogP contribution is 2.13. The zero-order valence-corrected chi connectivity index (χ0v) is 24.0. The lowest BCUT2D eigenvalue weighted by atomic mass is 10.0. The zero-order valence-electron chi connectivity index (χ0n) is 24.0. The van der Waals surface area contributed by atoms with E-state index in [1.54, 1.807) is 6.20 Å². The Bertz CT molecular complexity index is 690. The second-order valence-electron chi connectivity index (χ2n) is 9.96. The molecule has 1 aromatic rings. The van der Waals surface area contributed by atoms with Gasteiger partial charge in [-0.1, -0.05) is 109 Å². The number of nitrogens with one attached hydrogen (secondary N) is 2. The van der Waals surface area contributed by atoms with Crippen LogP contribution >= 0.6 is 0 Å². The van der Waals surface area contributed by atoms with Crippen LogP contribution in [0.25, 0.3) is 0 Å². The molecule has 2 amide bonds. The van der Waals surface area contributed by atoms with E-state index in [0.29, 0.717) is 6.54 Å². The Hall–Kier alpha value is -2.35. The number of amides is 2. The van der Waals surface area contributed by atoms with E-state index >= 15 is 0 Å². The number of ether oxygens (including phenoxy) is 3. The molecule has 1 rings (SSSR count). The smallest absolute Gasteiger partial charge is 0.407 e. The summed E-state index contributed by atoms with van der Waals surface area (Å²) in [5.41, 5.74) is 0.733. The number of nitrogens with zero attached hydrogens (tertiary/aromatic N) is 1. The summed E-state index contributed by atoms with van der Waals surface area (Å²) >= 11 is 0. The van der Waals surface area contributed by atoms with Gasteiger partial charge in [-0.05, 0) is 18.6 Å². The van der Waals surface area contributed by atoms with Crippen LogP contribution in [0.4, 0.5) is 9.59 Å². The first-order valence-electron chi connectivity index (χ1n) is 14.9. The van der Waals surface area contributed by atoms with Gasteiger partial charge in [-0.3, -0.25) is 4.98 Å². The summed E-state index contributed by atoms with van der Waals surface area (Å²) in [7, 11) is 1.48. The minimum absolute atomic E-state index is 0.00874. The Labute approximate surface area is 231 Å². The molecule has 2 N–H and O–H groups in total. The number of methoxy groups -OCH3 is 1. The van der Waals surface area contributed by atoms with Crippen molar-refractivity contribution in [2.45, 2.75) is 122 Å². The van der Waals surface area contributed by atoms with E-state index in [9.17, 15) is 9.59 Å². The highest BCUT2D eigenvalue weighted by Gasteiger charge is 2.14. The summed E-state index contributed by atoms with van der Waals surface area (Å²) in [4.78, 5) is 27.9. The van der Waals surface area contributed by atoms with E-state index < -0.39 is 18.3 Å². The van der Waals surface area contributed by atoms with Crippen molar-refractivity contribution in [3.8, 4) is 0 Å². The molecule has 1 heterocycles. The maximum Gasteiger partial charge on any atom is 0.407 e. The molecule has 0 aromatic carbocycles. The second-order valence-corrected chi connectivity index (χ2v) is 9.96. The van der Waals surface area contributed by atoms with E-state index in [1.807, 2.05) is 18.2 Å². The normalized spacial score (nSPS) is 11.6. The van der Waals surface area contributed by atoms with Gasteiger partial charge in [0.15, 0.2) is 0 Å². The summed E-state index contributed by atoms with van der Waals surface area (Å²) in [6, 6.07) is 5.46. The number of hydrogen-bond donors (Lipinski definition) is 2. The molecule has 0 spiro atoms. The molecule has 8 heteroatoms. The van der Waals surface area contributed by atoms with Crippen LogP contribution in [0, 0.1) is 0 Å². The standard InChI is InChI=1S/C30H53N3O5/c1-3-4-5-6-7-8-9-10-11-12-13-14-15-16-17-19-23-32-29(34)37-25-28(36-2)26-38-30(35)33-24-27-21-18-20-22-31-27/h18,20-22,28H,3-17,19,23-26H2,1-2H3,(H,32,34)(H,33,35). The minimum atomic E-state index is -0.578. The number of rotatable bonds is 24. The lowest BCUT2D eigenvalue weighted by molar-refractivity contribution is -0.00455. The summed E-state index contributed by atoms with van der Waals surface area (Å²) in [5.74, 6) is 0. The van der Waals surface area contributed by atoms with E-state index in [1.165, 1.54) is 97.0 Å². The highest BCUT2D eigenvalue weighted by molar-refractivity contribution is 5.67. The first kappa shape index (κ1) is 33.7. The quantitative estimate of drug-likeness (QED) is 0.135. The van der Waals surface area contributed by atoms with Crippen LogP contribution in [0.3, 0.4) is 0 Å². The molecule has 218 valence electrons. The topological polar surface area (TPSA) is 98.8 Å². The molecule has 0 bridgehead atoms. The number of unbranched alkanes of at least 4 members (excludes halogenated alkanes) is 15. The van der Waals surface area contributed by atoms with Crippen LogP contribution in [-0.4, -0.2) is 50.1 Å². The molecule has 0 saturated heterocycles. The SMILES string of the molecule is CCCCCCCCCCCCCCCCCCNC(=O)OCC(COC(=O)NCc1ccccn1)OC. The van der Waals surface area contributed by atoms with Crippen molar-refractivity contribution >= 4 is 12.2 Å². The highest BCUT2D eigenvalue weighted by atomic mass is 16.6. The Balaban J connectivity index is 1.88. The van der Waals surface area contributed by atoms with Crippen molar-refractivity contribution in [3.63, 3.8) is 0 Å². The molecule has 0 saturated carbocycles. The fourth-order valence-corrected chi connectivity index (χ4v) is 4.15. The van der Waals surface area contributed by atoms with Crippen molar-refractivity contribution in [2.24, 2.45) is 0 Å². The second kappa shape index (κ2) is 25.0. The van der Waals surface area contributed by atoms with Gasteiger partial charge in [0.1, 0.15) is 19.3 Å². The number of hydrogen-bond acceptors (Lipinski definition) is 6. The Morgan fingerprint density at radius 2 is 1.24 bits per heavy atom. The van der Waals surface area contributed by atoms with Gasteiger partial charge in [-0.25, -0.2) is 9.59 Å². The summed E-state index contributed by atoms with van der Waals surface area (Å²) in [6.07, 6.45) is 21.2. The largest absolute Gasteiger partial charge is 0.447 e. The van der Waals surface area contributed by atoms with Crippen molar-refractivity contribution in [1.29, 1.82) is 0 Å². The molecule has 1 aromatic heterocycles. The van der Waals surface area contributed by atoms with Gasteiger partial charge in [0.25, 0.3) is 0 Å². The van der Waals surface area contributed by atoms with Crippen molar-refractivity contribution < 1.29 is 23.8 Å². The Kier molecular flexibility index (Phi) is 22.1. The first-order valence-corrected chi connectivity index (χ1v) is 14.9. The number of carbonyl (C=O) groups excluding carboxylic acids is 2. The Morgan fingerprint density at radius 1 is 0.737 bits per heavy atom. The van der Waals surface area contributed by atoms with Gasteiger partial charge in [-0.15, -0.1) is 0 Å². The summed E-state index contributed by atoms with van der Waals surface area (Å²) < 4.78 is 15.6. The van der Waals surface area contributed by atoms with Crippen molar-refractivity contribution in [3.05, 3.63) is 30.1 Å². The van der Waals surface area contributed by atoms with Crippen LogP contribution in [-0.2, 0) is 20.8 Å². The molecule has 1 atom stereocenters.